The fraction of sp³-hybridized carbons (Fsp3) is 0.267. The molecular weight excluding hydrogens is 275 g/mol. The van der Waals surface area contributed by atoms with Crippen molar-refractivity contribution in [2.45, 2.75) is 19.4 Å². The Hall–Kier alpha value is -2.34. The second-order valence-corrected chi connectivity index (χ2v) is 5.08. The van der Waals surface area contributed by atoms with Crippen molar-refractivity contribution in [2.24, 2.45) is 0 Å². The van der Waals surface area contributed by atoms with Crippen LogP contribution in [0.5, 0.6) is 0 Å². The van der Waals surface area contributed by atoms with Gasteiger partial charge in [0.05, 0.1) is 12.8 Å². The van der Waals surface area contributed by atoms with Gasteiger partial charge in [0.1, 0.15) is 17.2 Å². The van der Waals surface area contributed by atoms with Gasteiger partial charge in [0, 0.05) is 5.69 Å². The van der Waals surface area contributed by atoms with Crippen molar-refractivity contribution >= 4 is 11.7 Å². The van der Waals surface area contributed by atoms with E-state index < -0.39 is 17.4 Å². The van der Waals surface area contributed by atoms with Crippen molar-refractivity contribution in [2.75, 3.05) is 11.9 Å². The standard InChI is InChI=1S/C15H17FN2O3/c1-10-6-11(16)8-12(7-10)18-14(19)17-9-15(2,20)13-4-3-5-21-13/h3-8,20H,9H2,1-2H3,(H2,17,18,19). The first-order valence-electron chi connectivity index (χ1n) is 6.45. The lowest BCUT2D eigenvalue weighted by molar-refractivity contribution is 0.0372. The number of amides is 2. The highest BCUT2D eigenvalue weighted by Crippen LogP contribution is 2.20. The minimum atomic E-state index is -1.32. The fourth-order valence-corrected chi connectivity index (χ4v) is 1.91. The zero-order valence-electron chi connectivity index (χ0n) is 11.8. The van der Waals surface area contributed by atoms with Crippen LogP contribution in [0.4, 0.5) is 14.9 Å². The Labute approximate surface area is 121 Å². The number of rotatable bonds is 4. The Morgan fingerprint density at radius 3 is 2.81 bits per heavy atom. The molecular formula is C15H17FN2O3. The number of carbonyl (C=O) groups is 1. The summed E-state index contributed by atoms with van der Waals surface area (Å²) in [7, 11) is 0. The first kappa shape index (κ1) is 15.1. The lowest BCUT2D eigenvalue weighted by Gasteiger charge is -2.21. The van der Waals surface area contributed by atoms with E-state index in [2.05, 4.69) is 10.6 Å². The number of nitrogens with one attached hydrogen (secondary N) is 2. The third kappa shape index (κ3) is 4.06. The maximum Gasteiger partial charge on any atom is 0.319 e. The highest BCUT2D eigenvalue weighted by Gasteiger charge is 2.26. The van der Waals surface area contributed by atoms with Crippen molar-refractivity contribution in [3.63, 3.8) is 0 Å². The summed E-state index contributed by atoms with van der Waals surface area (Å²) in [6.45, 7) is 3.22. The molecule has 1 unspecified atom stereocenters. The van der Waals surface area contributed by atoms with E-state index >= 15 is 0 Å². The topological polar surface area (TPSA) is 74.5 Å². The summed E-state index contributed by atoms with van der Waals surface area (Å²) in [5.74, 6) is -0.0720. The molecule has 0 spiro atoms. The van der Waals surface area contributed by atoms with Crippen LogP contribution in [0.25, 0.3) is 0 Å². The Kier molecular flexibility index (Phi) is 4.28. The van der Waals surface area contributed by atoms with E-state index in [9.17, 15) is 14.3 Å². The van der Waals surface area contributed by atoms with Crippen LogP contribution < -0.4 is 10.6 Å². The SMILES string of the molecule is Cc1cc(F)cc(NC(=O)NCC(C)(O)c2ccco2)c1. The average molecular weight is 292 g/mol. The molecule has 5 nitrogen and oxygen atoms in total. The summed E-state index contributed by atoms with van der Waals surface area (Å²) >= 11 is 0. The molecule has 0 bridgehead atoms. The van der Waals surface area contributed by atoms with Crippen LogP contribution in [0.3, 0.4) is 0 Å². The number of aryl methyl sites for hydroxylation is 1. The summed E-state index contributed by atoms with van der Waals surface area (Å²) < 4.78 is 18.3. The number of benzene rings is 1. The van der Waals surface area contributed by atoms with Crippen LogP contribution in [0, 0.1) is 12.7 Å². The number of furan rings is 1. The molecule has 0 aliphatic carbocycles. The molecule has 0 aliphatic heterocycles. The summed E-state index contributed by atoms with van der Waals surface area (Å²) in [6, 6.07) is 6.97. The molecule has 2 rings (SSSR count). The maximum atomic E-state index is 13.2. The van der Waals surface area contributed by atoms with E-state index in [0.29, 0.717) is 17.0 Å². The van der Waals surface area contributed by atoms with E-state index in [-0.39, 0.29) is 6.54 Å². The molecule has 2 aromatic rings. The molecule has 21 heavy (non-hydrogen) atoms. The Morgan fingerprint density at radius 1 is 1.43 bits per heavy atom. The van der Waals surface area contributed by atoms with Crippen molar-refractivity contribution in [1.29, 1.82) is 0 Å². The third-order valence-electron chi connectivity index (χ3n) is 2.95. The van der Waals surface area contributed by atoms with Crippen LogP contribution in [-0.2, 0) is 5.60 Å². The fourth-order valence-electron chi connectivity index (χ4n) is 1.91. The van der Waals surface area contributed by atoms with Gasteiger partial charge in [-0.05, 0) is 49.7 Å². The number of carbonyl (C=O) groups excluding carboxylic acids is 1. The minimum absolute atomic E-state index is 0.0410. The predicted molar refractivity (Wildman–Crippen MR) is 76.4 cm³/mol. The molecule has 1 aromatic heterocycles. The molecule has 1 atom stereocenters. The predicted octanol–water partition coefficient (Wildman–Crippen LogP) is 2.76. The smallest absolute Gasteiger partial charge is 0.319 e. The molecule has 6 heteroatoms. The lowest BCUT2D eigenvalue weighted by Crippen LogP contribution is -2.40. The molecule has 3 N–H and O–H groups in total. The molecule has 0 aliphatic rings. The normalized spacial score (nSPS) is 13.5. The first-order chi connectivity index (χ1) is 9.87. The van der Waals surface area contributed by atoms with E-state index in [1.165, 1.54) is 25.3 Å². The first-order valence-corrected chi connectivity index (χ1v) is 6.45. The van der Waals surface area contributed by atoms with E-state index in [4.69, 9.17) is 4.42 Å². The van der Waals surface area contributed by atoms with Crippen molar-refractivity contribution < 1.29 is 18.7 Å². The zero-order chi connectivity index (χ0) is 15.5. The molecule has 1 heterocycles. The molecule has 0 radical (unpaired) electrons. The summed E-state index contributed by atoms with van der Waals surface area (Å²) in [5.41, 5.74) is -0.269. The third-order valence-corrected chi connectivity index (χ3v) is 2.95. The van der Waals surface area contributed by atoms with Gasteiger partial charge in [-0.15, -0.1) is 0 Å². The number of aliphatic hydroxyl groups is 1. The van der Waals surface area contributed by atoms with Crippen LogP contribution in [0.2, 0.25) is 0 Å². The van der Waals surface area contributed by atoms with Gasteiger partial charge in [0.2, 0.25) is 0 Å². The number of urea groups is 1. The van der Waals surface area contributed by atoms with Gasteiger partial charge in [-0.3, -0.25) is 0 Å². The Bertz CT molecular complexity index is 604. The summed E-state index contributed by atoms with van der Waals surface area (Å²) in [6.07, 6.45) is 1.44. The molecule has 2 amide bonds. The van der Waals surface area contributed by atoms with Crippen LogP contribution in [0.1, 0.15) is 18.2 Å². The summed E-state index contributed by atoms with van der Waals surface area (Å²) in [5, 5.41) is 15.2. The van der Waals surface area contributed by atoms with Crippen LogP contribution in [0.15, 0.2) is 41.0 Å². The monoisotopic (exact) mass is 292 g/mol. The maximum absolute atomic E-state index is 13.2. The van der Waals surface area contributed by atoms with Gasteiger partial charge in [0.15, 0.2) is 0 Å². The average Bonchev–Trinajstić information content (AvgIpc) is 2.89. The van der Waals surface area contributed by atoms with E-state index in [1.54, 1.807) is 25.1 Å². The van der Waals surface area contributed by atoms with Gasteiger partial charge in [-0.2, -0.15) is 0 Å². The second-order valence-electron chi connectivity index (χ2n) is 5.08. The van der Waals surface area contributed by atoms with Gasteiger partial charge in [-0.1, -0.05) is 0 Å². The number of hydrogen-bond donors (Lipinski definition) is 3. The number of halogens is 1. The van der Waals surface area contributed by atoms with E-state index in [0.717, 1.165) is 0 Å². The number of hydrogen-bond acceptors (Lipinski definition) is 3. The van der Waals surface area contributed by atoms with Gasteiger partial charge in [-0.25, -0.2) is 9.18 Å². The van der Waals surface area contributed by atoms with Crippen LogP contribution in [-0.4, -0.2) is 17.7 Å². The minimum Gasteiger partial charge on any atom is -0.466 e. The summed E-state index contributed by atoms with van der Waals surface area (Å²) in [4.78, 5) is 11.8. The van der Waals surface area contributed by atoms with Crippen LogP contribution >= 0.6 is 0 Å². The highest BCUT2D eigenvalue weighted by molar-refractivity contribution is 5.89. The van der Waals surface area contributed by atoms with E-state index in [1.807, 2.05) is 0 Å². The zero-order valence-corrected chi connectivity index (χ0v) is 11.8. The van der Waals surface area contributed by atoms with Crippen molar-refractivity contribution in [3.05, 3.63) is 53.7 Å². The second kappa shape index (κ2) is 5.97. The lowest BCUT2D eigenvalue weighted by atomic mass is 10.0. The molecule has 112 valence electrons. The highest BCUT2D eigenvalue weighted by atomic mass is 19.1. The van der Waals surface area contributed by atoms with Crippen molar-refractivity contribution in [1.82, 2.24) is 5.32 Å². The van der Waals surface area contributed by atoms with Gasteiger partial charge in [0.25, 0.3) is 0 Å². The molecule has 1 aromatic carbocycles. The number of anilines is 1. The van der Waals surface area contributed by atoms with Gasteiger partial charge < -0.3 is 20.2 Å². The van der Waals surface area contributed by atoms with Gasteiger partial charge >= 0.3 is 6.03 Å². The Morgan fingerprint density at radius 2 is 2.19 bits per heavy atom. The molecule has 0 saturated heterocycles. The molecule has 0 saturated carbocycles. The Balaban J connectivity index is 1.93. The quantitative estimate of drug-likeness (QED) is 0.811. The van der Waals surface area contributed by atoms with Crippen molar-refractivity contribution in [3.8, 4) is 0 Å². The largest absolute Gasteiger partial charge is 0.466 e. The molecule has 0 fully saturated rings.